The van der Waals surface area contributed by atoms with Crippen LogP contribution in [-0.2, 0) is 4.79 Å². The Morgan fingerprint density at radius 3 is 1.87 bits per heavy atom. The quantitative estimate of drug-likeness (QED) is 0.478. The molecule has 4 nitrogen and oxygen atoms in total. The van der Waals surface area contributed by atoms with Gasteiger partial charge in [-0.15, -0.1) is 0 Å². The molecule has 0 aromatic heterocycles. The monoisotopic (exact) mass is 230 g/mol. The molecule has 1 aliphatic rings. The van der Waals surface area contributed by atoms with Gasteiger partial charge in [0.25, 0.3) is 0 Å². The molecule has 15 heavy (non-hydrogen) atoms. The minimum atomic E-state index is -4.47. The smallest absolute Gasteiger partial charge is 0.394 e. The van der Waals surface area contributed by atoms with Crippen molar-refractivity contribution in [1.29, 1.82) is 0 Å². The molecule has 0 saturated heterocycles. The van der Waals surface area contributed by atoms with Crippen molar-refractivity contribution in [3.8, 4) is 0 Å². The highest BCUT2D eigenvalue weighted by Gasteiger charge is 2.65. The largest absolute Gasteiger partial charge is 0.400 e. The van der Waals surface area contributed by atoms with Crippen molar-refractivity contribution in [3.05, 3.63) is 0 Å². The molecule has 0 aromatic carbocycles. The fourth-order valence-corrected chi connectivity index (χ4v) is 1.25. The Hall–Kier alpha value is -0.660. The second-order valence-corrected chi connectivity index (χ2v) is 3.45. The van der Waals surface area contributed by atoms with Crippen molar-refractivity contribution in [3.63, 3.8) is 0 Å². The number of aliphatic hydroxyl groups is 3. The molecule has 1 saturated carbocycles. The van der Waals surface area contributed by atoms with Crippen LogP contribution in [0.2, 0.25) is 0 Å². The van der Waals surface area contributed by atoms with E-state index in [2.05, 4.69) is 0 Å². The van der Waals surface area contributed by atoms with Crippen molar-refractivity contribution < 1.29 is 33.3 Å². The van der Waals surface area contributed by atoms with Gasteiger partial charge in [0.2, 0.25) is 5.79 Å². The van der Waals surface area contributed by atoms with Gasteiger partial charge in [-0.05, 0) is 12.8 Å². The standard InChI is InChI=1S/C7H9F3O3.CH4O/c8-7(9,10)5(1-2-5)3-6(12,13)4-11;1-2/h4,12-13H,1-3H2;2H,1H3. The Labute approximate surface area is 84.3 Å². The number of halogens is 3. The van der Waals surface area contributed by atoms with E-state index in [1.165, 1.54) is 0 Å². The molecule has 0 unspecified atom stereocenters. The maximum Gasteiger partial charge on any atom is 0.394 e. The Bertz CT molecular complexity index is 220. The summed E-state index contributed by atoms with van der Waals surface area (Å²) in [5, 5.41) is 24.5. The van der Waals surface area contributed by atoms with Crippen LogP contribution in [0.25, 0.3) is 0 Å². The van der Waals surface area contributed by atoms with Gasteiger partial charge in [-0.1, -0.05) is 0 Å². The summed E-state index contributed by atoms with van der Waals surface area (Å²) in [7, 11) is 1.00. The van der Waals surface area contributed by atoms with Crippen LogP contribution in [0.4, 0.5) is 13.2 Å². The third-order valence-electron chi connectivity index (χ3n) is 2.24. The fraction of sp³-hybridized carbons (Fsp3) is 0.875. The van der Waals surface area contributed by atoms with Gasteiger partial charge in [0.15, 0.2) is 6.29 Å². The Morgan fingerprint density at radius 2 is 1.67 bits per heavy atom. The lowest BCUT2D eigenvalue weighted by Crippen LogP contribution is -2.38. The number of rotatable bonds is 3. The number of aliphatic hydroxyl groups excluding tert-OH is 1. The topological polar surface area (TPSA) is 77.8 Å². The minimum Gasteiger partial charge on any atom is -0.400 e. The summed E-state index contributed by atoms with van der Waals surface area (Å²) in [4.78, 5) is 9.99. The highest BCUT2D eigenvalue weighted by Crippen LogP contribution is 2.61. The summed E-state index contributed by atoms with van der Waals surface area (Å²) in [5.41, 5.74) is -2.06. The molecule has 7 heteroatoms. The van der Waals surface area contributed by atoms with E-state index in [1.807, 2.05) is 0 Å². The van der Waals surface area contributed by atoms with Crippen molar-refractivity contribution in [2.24, 2.45) is 5.41 Å². The van der Waals surface area contributed by atoms with Crippen LogP contribution in [0.5, 0.6) is 0 Å². The molecule has 1 aliphatic carbocycles. The first kappa shape index (κ1) is 14.3. The molecule has 0 spiro atoms. The van der Waals surface area contributed by atoms with Gasteiger partial charge in [-0.25, -0.2) is 0 Å². The second-order valence-electron chi connectivity index (χ2n) is 3.45. The van der Waals surface area contributed by atoms with E-state index in [1.54, 1.807) is 0 Å². The summed E-state index contributed by atoms with van der Waals surface area (Å²) in [6.07, 6.45) is -6.00. The average Bonchev–Trinajstić information content (AvgIpc) is 2.87. The zero-order valence-corrected chi connectivity index (χ0v) is 8.08. The van der Waals surface area contributed by atoms with Crippen LogP contribution in [0.3, 0.4) is 0 Å². The van der Waals surface area contributed by atoms with E-state index in [-0.39, 0.29) is 19.1 Å². The predicted octanol–water partition coefficient (Wildman–Crippen LogP) is 0.207. The normalized spacial score (nSPS) is 18.9. The number of carbonyl (C=O) groups is 1. The molecule has 0 heterocycles. The van der Waals surface area contributed by atoms with Crippen LogP contribution >= 0.6 is 0 Å². The zero-order valence-electron chi connectivity index (χ0n) is 8.08. The highest BCUT2D eigenvalue weighted by molar-refractivity contribution is 5.59. The first-order chi connectivity index (χ1) is 6.72. The third kappa shape index (κ3) is 3.44. The van der Waals surface area contributed by atoms with E-state index >= 15 is 0 Å². The second kappa shape index (κ2) is 4.46. The van der Waals surface area contributed by atoms with Gasteiger partial charge in [0, 0.05) is 13.5 Å². The number of carbonyl (C=O) groups excluding carboxylic acids is 1. The summed E-state index contributed by atoms with van der Waals surface area (Å²) in [5.74, 6) is -2.86. The van der Waals surface area contributed by atoms with Crippen molar-refractivity contribution in [2.75, 3.05) is 7.11 Å². The molecule has 0 aliphatic heterocycles. The first-order valence-corrected chi connectivity index (χ1v) is 4.15. The van der Waals surface area contributed by atoms with E-state index < -0.39 is 23.8 Å². The summed E-state index contributed by atoms with van der Waals surface area (Å²) in [6.45, 7) is 0. The van der Waals surface area contributed by atoms with Crippen LogP contribution < -0.4 is 0 Å². The first-order valence-electron chi connectivity index (χ1n) is 4.15. The average molecular weight is 230 g/mol. The maximum atomic E-state index is 12.2. The Balaban J connectivity index is 0.000000921. The molecule has 0 atom stereocenters. The van der Waals surface area contributed by atoms with Crippen LogP contribution in [0.15, 0.2) is 0 Å². The molecular formula is C8H13F3O4. The Morgan fingerprint density at radius 1 is 1.27 bits per heavy atom. The molecule has 0 bridgehead atoms. The SMILES string of the molecule is CO.O=CC(O)(O)CC1(C(F)(F)F)CC1. The molecule has 0 amide bonds. The van der Waals surface area contributed by atoms with Gasteiger partial charge in [0.05, 0.1) is 5.41 Å². The van der Waals surface area contributed by atoms with Crippen LogP contribution in [0, 0.1) is 5.41 Å². The molecule has 0 aromatic rings. The highest BCUT2D eigenvalue weighted by atomic mass is 19.4. The lowest BCUT2D eigenvalue weighted by Gasteiger charge is -2.24. The van der Waals surface area contributed by atoms with Gasteiger partial charge in [0.1, 0.15) is 0 Å². The van der Waals surface area contributed by atoms with Crippen molar-refractivity contribution in [2.45, 2.75) is 31.2 Å². The molecule has 3 N–H and O–H groups in total. The number of hydrogen-bond acceptors (Lipinski definition) is 4. The van der Waals surface area contributed by atoms with Gasteiger partial charge in [-0.2, -0.15) is 13.2 Å². The molecule has 1 fully saturated rings. The molecular weight excluding hydrogens is 217 g/mol. The van der Waals surface area contributed by atoms with Gasteiger partial charge in [-0.3, -0.25) is 4.79 Å². The molecule has 1 rings (SSSR count). The van der Waals surface area contributed by atoms with Crippen LogP contribution in [-0.4, -0.2) is 40.7 Å². The summed E-state index contributed by atoms with van der Waals surface area (Å²) in [6, 6.07) is 0. The van der Waals surface area contributed by atoms with E-state index in [0.29, 0.717) is 0 Å². The van der Waals surface area contributed by atoms with Gasteiger partial charge < -0.3 is 15.3 Å². The summed E-state index contributed by atoms with van der Waals surface area (Å²) >= 11 is 0. The zero-order chi connectivity index (χ0) is 12.3. The van der Waals surface area contributed by atoms with Crippen molar-refractivity contribution >= 4 is 6.29 Å². The van der Waals surface area contributed by atoms with Crippen LogP contribution in [0.1, 0.15) is 19.3 Å². The van der Waals surface area contributed by atoms with E-state index in [9.17, 15) is 18.0 Å². The fourth-order valence-electron chi connectivity index (χ4n) is 1.25. The Kier molecular flexibility index (Phi) is 4.26. The predicted molar refractivity (Wildman–Crippen MR) is 43.7 cm³/mol. The number of hydrogen-bond donors (Lipinski definition) is 3. The minimum absolute atomic E-state index is 0.146. The molecule has 0 radical (unpaired) electrons. The van der Waals surface area contributed by atoms with Crippen molar-refractivity contribution in [1.82, 2.24) is 0 Å². The third-order valence-corrected chi connectivity index (χ3v) is 2.24. The lowest BCUT2D eigenvalue weighted by atomic mass is 9.96. The maximum absolute atomic E-state index is 12.2. The van der Waals surface area contributed by atoms with E-state index in [0.717, 1.165) is 7.11 Å². The number of aldehydes is 1. The lowest BCUT2D eigenvalue weighted by molar-refractivity contribution is -0.228. The number of alkyl halides is 3. The van der Waals surface area contributed by atoms with Gasteiger partial charge >= 0.3 is 6.18 Å². The van der Waals surface area contributed by atoms with E-state index in [4.69, 9.17) is 15.3 Å². The summed E-state index contributed by atoms with van der Waals surface area (Å²) < 4.78 is 36.7. The molecule has 90 valence electrons.